The van der Waals surface area contributed by atoms with E-state index in [2.05, 4.69) is 65.0 Å². The van der Waals surface area contributed by atoms with Gasteiger partial charge in [-0.1, -0.05) is 36.4 Å². The number of aryl methyl sites for hydroxylation is 1. The summed E-state index contributed by atoms with van der Waals surface area (Å²) in [6.45, 7) is 5.36. The number of halogens is 1. The molecule has 2 aliphatic heterocycles. The van der Waals surface area contributed by atoms with Gasteiger partial charge in [-0.25, -0.2) is 0 Å². The smallest absolute Gasteiger partial charge is 0.193 e. The van der Waals surface area contributed by atoms with Crippen LogP contribution in [0.15, 0.2) is 59.7 Å². The van der Waals surface area contributed by atoms with Gasteiger partial charge in [-0.3, -0.25) is 14.3 Å². The zero-order chi connectivity index (χ0) is 22.5. The number of guanidine groups is 1. The van der Waals surface area contributed by atoms with E-state index < -0.39 is 0 Å². The first kappa shape index (κ1) is 24.9. The Morgan fingerprint density at radius 1 is 1.06 bits per heavy atom. The molecule has 8 heteroatoms. The van der Waals surface area contributed by atoms with Crippen molar-refractivity contribution in [2.45, 2.75) is 44.7 Å². The molecular formula is C26H36IN7. The zero-order valence-electron chi connectivity index (χ0n) is 20.0. The van der Waals surface area contributed by atoms with Gasteiger partial charge in [0.25, 0.3) is 0 Å². The van der Waals surface area contributed by atoms with Gasteiger partial charge in [-0.2, -0.15) is 0 Å². The van der Waals surface area contributed by atoms with E-state index in [1.54, 1.807) is 0 Å². The molecule has 0 radical (unpaired) electrons. The highest BCUT2D eigenvalue weighted by atomic mass is 127. The van der Waals surface area contributed by atoms with Gasteiger partial charge in [-0.15, -0.1) is 34.2 Å². The third-order valence-corrected chi connectivity index (χ3v) is 7.17. The number of nitrogens with one attached hydrogen (secondary N) is 1. The second kappa shape index (κ2) is 12.0. The summed E-state index contributed by atoms with van der Waals surface area (Å²) in [5.74, 6) is 2.78. The maximum atomic E-state index is 4.61. The first-order chi connectivity index (χ1) is 16.3. The predicted molar refractivity (Wildman–Crippen MR) is 148 cm³/mol. The zero-order valence-corrected chi connectivity index (χ0v) is 22.3. The average molecular weight is 574 g/mol. The largest absolute Gasteiger partial charge is 0.356 e. The molecule has 2 aliphatic rings. The summed E-state index contributed by atoms with van der Waals surface area (Å²) in [7, 11) is 1.91. The van der Waals surface area contributed by atoms with Crippen LogP contribution in [0.2, 0.25) is 0 Å². The molecule has 2 fully saturated rings. The molecule has 4 heterocycles. The summed E-state index contributed by atoms with van der Waals surface area (Å²) in [6, 6.07) is 17.6. The van der Waals surface area contributed by atoms with Gasteiger partial charge >= 0.3 is 0 Å². The van der Waals surface area contributed by atoms with Crippen LogP contribution in [0, 0.1) is 5.92 Å². The number of piperidine rings is 2. The van der Waals surface area contributed by atoms with Gasteiger partial charge in [-0.05, 0) is 55.8 Å². The minimum absolute atomic E-state index is 0. The summed E-state index contributed by atoms with van der Waals surface area (Å²) in [5, 5.41) is 12.2. The average Bonchev–Trinajstić information content (AvgIpc) is 3.28. The highest BCUT2D eigenvalue weighted by molar-refractivity contribution is 14.0. The van der Waals surface area contributed by atoms with Crippen molar-refractivity contribution in [3.8, 4) is 0 Å². The molecule has 0 amide bonds. The van der Waals surface area contributed by atoms with E-state index in [1.807, 2.05) is 31.4 Å². The van der Waals surface area contributed by atoms with E-state index in [4.69, 9.17) is 0 Å². The van der Waals surface area contributed by atoms with Crippen LogP contribution in [0.25, 0.3) is 5.65 Å². The van der Waals surface area contributed by atoms with Crippen molar-refractivity contribution in [3.63, 3.8) is 0 Å². The lowest BCUT2D eigenvalue weighted by atomic mass is 9.83. The number of fused-ring (bicyclic) bond motifs is 2. The SMILES string of the molecule is CN=C(NCCCc1nnc2ccccn12)N1CCC2C(CCCN2Cc2ccccc2)C1.I. The van der Waals surface area contributed by atoms with E-state index in [9.17, 15) is 0 Å². The summed E-state index contributed by atoms with van der Waals surface area (Å²) < 4.78 is 2.07. The number of likely N-dealkylation sites (tertiary alicyclic amines) is 2. The van der Waals surface area contributed by atoms with Crippen LogP contribution >= 0.6 is 24.0 Å². The van der Waals surface area contributed by atoms with Crippen molar-refractivity contribution in [2.24, 2.45) is 10.9 Å². The molecule has 2 saturated heterocycles. The molecule has 2 unspecified atom stereocenters. The lowest BCUT2D eigenvalue weighted by Gasteiger charge is -2.48. The Balaban J connectivity index is 0.00000274. The molecule has 7 nitrogen and oxygen atoms in total. The van der Waals surface area contributed by atoms with Crippen molar-refractivity contribution in [2.75, 3.05) is 33.2 Å². The number of aliphatic imine (C=N–C) groups is 1. The van der Waals surface area contributed by atoms with E-state index >= 15 is 0 Å². The monoisotopic (exact) mass is 573 g/mol. The summed E-state index contributed by atoms with van der Waals surface area (Å²) in [5.41, 5.74) is 2.34. The third-order valence-electron chi connectivity index (χ3n) is 7.17. The van der Waals surface area contributed by atoms with Crippen molar-refractivity contribution in [3.05, 3.63) is 66.1 Å². The summed E-state index contributed by atoms with van der Waals surface area (Å²) >= 11 is 0. The summed E-state index contributed by atoms with van der Waals surface area (Å²) in [4.78, 5) is 9.80. The van der Waals surface area contributed by atoms with Crippen LogP contribution in [-0.2, 0) is 13.0 Å². The van der Waals surface area contributed by atoms with E-state index in [0.717, 1.165) is 62.4 Å². The van der Waals surface area contributed by atoms with Crippen molar-refractivity contribution < 1.29 is 0 Å². The second-order valence-corrected chi connectivity index (χ2v) is 9.28. The van der Waals surface area contributed by atoms with E-state index in [-0.39, 0.29) is 24.0 Å². The van der Waals surface area contributed by atoms with Crippen molar-refractivity contribution in [1.82, 2.24) is 29.7 Å². The minimum atomic E-state index is 0. The van der Waals surface area contributed by atoms with Crippen molar-refractivity contribution >= 4 is 35.6 Å². The highest BCUT2D eigenvalue weighted by Gasteiger charge is 2.36. The predicted octanol–water partition coefficient (Wildman–Crippen LogP) is 3.84. The molecule has 0 saturated carbocycles. The molecule has 182 valence electrons. The molecule has 1 N–H and O–H groups in total. The number of benzene rings is 1. The Labute approximate surface area is 219 Å². The normalized spacial score (nSPS) is 21.2. The lowest BCUT2D eigenvalue weighted by molar-refractivity contribution is 0.0372. The molecule has 2 atom stereocenters. The van der Waals surface area contributed by atoms with Crippen LogP contribution in [0.3, 0.4) is 0 Å². The van der Waals surface area contributed by atoms with E-state index in [0.29, 0.717) is 6.04 Å². The molecule has 0 bridgehead atoms. The standard InChI is InChI=1S/C26H35N7.HI/c1-27-26(28-15-7-13-25-30-29-24-12-5-6-17-33(24)25)32-18-14-23-22(20-32)11-8-16-31(23)19-21-9-3-2-4-10-21;/h2-6,9-10,12,17,22-23H,7-8,11,13-16,18-20H2,1H3,(H,27,28);1H. The molecule has 5 rings (SSSR count). The fraction of sp³-hybridized carbons (Fsp3) is 0.500. The van der Waals surface area contributed by atoms with Crippen LogP contribution in [0.5, 0.6) is 0 Å². The second-order valence-electron chi connectivity index (χ2n) is 9.28. The van der Waals surface area contributed by atoms with Gasteiger partial charge in [0.05, 0.1) is 0 Å². The molecule has 0 aliphatic carbocycles. The number of hydrogen-bond donors (Lipinski definition) is 1. The fourth-order valence-electron chi connectivity index (χ4n) is 5.55. The molecular weight excluding hydrogens is 537 g/mol. The quantitative estimate of drug-likeness (QED) is 0.210. The van der Waals surface area contributed by atoms with Gasteiger partial charge in [0.1, 0.15) is 5.82 Å². The minimum Gasteiger partial charge on any atom is -0.356 e. The first-order valence-corrected chi connectivity index (χ1v) is 12.3. The maximum absolute atomic E-state index is 4.61. The Bertz CT molecular complexity index is 1070. The number of hydrogen-bond acceptors (Lipinski definition) is 4. The Morgan fingerprint density at radius 3 is 2.76 bits per heavy atom. The van der Waals surface area contributed by atoms with Gasteiger partial charge in [0, 0.05) is 51.9 Å². The summed E-state index contributed by atoms with van der Waals surface area (Å²) in [6.07, 6.45) is 7.76. The van der Waals surface area contributed by atoms with Crippen LogP contribution in [0.1, 0.15) is 37.1 Å². The Kier molecular flexibility index (Phi) is 8.77. The topological polar surface area (TPSA) is 61.1 Å². The molecule has 0 spiro atoms. The molecule has 2 aromatic heterocycles. The van der Waals surface area contributed by atoms with Gasteiger partial charge in [0.2, 0.25) is 0 Å². The van der Waals surface area contributed by atoms with Gasteiger partial charge in [0.15, 0.2) is 11.6 Å². The number of pyridine rings is 1. The van der Waals surface area contributed by atoms with Crippen LogP contribution in [-0.4, -0.2) is 69.6 Å². The number of nitrogens with zero attached hydrogens (tertiary/aromatic N) is 6. The molecule has 1 aromatic carbocycles. The Morgan fingerprint density at radius 2 is 1.91 bits per heavy atom. The van der Waals surface area contributed by atoms with Crippen LogP contribution < -0.4 is 5.32 Å². The van der Waals surface area contributed by atoms with Crippen LogP contribution in [0.4, 0.5) is 0 Å². The Hall–Kier alpha value is -2.20. The first-order valence-electron chi connectivity index (χ1n) is 12.3. The maximum Gasteiger partial charge on any atom is 0.193 e. The highest BCUT2D eigenvalue weighted by Crippen LogP contribution is 2.31. The third kappa shape index (κ3) is 5.71. The fourth-order valence-corrected chi connectivity index (χ4v) is 5.55. The van der Waals surface area contributed by atoms with Crippen molar-refractivity contribution in [1.29, 1.82) is 0 Å². The van der Waals surface area contributed by atoms with Gasteiger partial charge < -0.3 is 10.2 Å². The lowest BCUT2D eigenvalue weighted by Crippen LogP contribution is -2.56. The number of rotatable bonds is 6. The van der Waals surface area contributed by atoms with E-state index in [1.165, 1.54) is 31.4 Å². The molecule has 3 aromatic rings. The molecule has 34 heavy (non-hydrogen) atoms. The number of aromatic nitrogens is 3.